The third-order valence-electron chi connectivity index (χ3n) is 5.56. The summed E-state index contributed by atoms with van der Waals surface area (Å²) in [4.78, 5) is 19.1. The molecule has 1 aromatic heterocycles. The molecule has 28 heavy (non-hydrogen) atoms. The van der Waals surface area contributed by atoms with Crippen molar-refractivity contribution in [2.45, 2.75) is 39.3 Å². The number of fused-ring (bicyclic) bond motifs is 1. The minimum absolute atomic E-state index is 0.0594. The third-order valence-corrected chi connectivity index (χ3v) is 5.56. The third kappa shape index (κ3) is 3.50. The van der Waals surface area contributed by atoms with Gasteiger partial charge in [0, 0.05) is 30.3 Å². The molecule has 0 bridgehead atoms. The van der Waals surface area contributed by atoms with E-state index in [1.165, 1.54) is 5.56 Å². The predicted octanol–water partition coefficient (Wildman–Crippen LogP) is 5.37. The number of hydrogen-bond donors (Lipinski definition) is 1. The molecule has 1 unspecified atom stereocenters. The molecule has 1 amide bonds. The van der Waals surface area contributed by atoms with Crippen LogP contribution in [0.1, 0.15) is 53.2 Å². The number of carbonyl (C=O) groups is 1. The first kappa shape index (κ1) is 18.2. The Morgan fingerprint density at radius 1 is 1.07 bits per heavy atom. The van der Waals surface area contributed by atoms with Gasteiger partial charge in [0.2, 0.25) is 0 Å². The van der Waals surface area contributed by atoms with Crippen molar-refractivity contribution in [3.8, 4) is 0 Å². The summed E-state index contributed by atoms with van der Waals surface area (Å²) in [6.45, 7) is 5.70. The first-order valence-corrected chi connectivity index (χ1v) is 9.84. The van der Waals surface area contributed by atoms with Crippen molar-refractivity contribution in [1.82, 2.24) is 4.98 Å². The van der Waals surface area contributed by atoms with Gasteiger partial charge in [0.05, 0.1) is 12.1 Å². The first-order chi connectivity index (χ1) is 13.7. The summed E-state index contributed by atoms with van der Waals surface area (Å²) in [5.74, 6) is 0.591. The zero-order valence-electron chi connectivity index (χ0n) is 16.4. The molecule has 0 radical (unpaired) electrons. The lowest BCUT2D eigenvalue weighted by Gasteiger charge is -2.17. The second-order valence-corrected chi connectivity index (χ2v) is 7.34. The van der Waals surface area contributed by atoms with Gasteiger partial charge in [-0.3, -0.25) is 9.78 Å². The summed E-state index contributed by atoms with van der Waals surface area (Å²) in [6, 6.07) is 18.4. The van der Waals surface area contributed by atoms with E-state index in [1.54, 1.807) is 12.4 Å². The van der Waals surface area contributed by atoms with E-state index in [4.69, 9.17) is 0 Å². The van der Waals surface area contributed by atoms with Crippen LogP contribution in [0.4, 0.5) is 11.4 Å². The van der Waals surface area contributed by atoms with E-state index in [0.29, 0.717) is 19.0 Å². The number of pyridine rings is 1. The highest BCUT2D eigenvalue weighted by Crippen LogP contribution is 2.33. The van der Waals surface area contributed by atoms with Crippen LogP contribution < -0.4 is 10.2 Å². The molecule has 2 aromatic carbocycles. The summed E-state index contributed by atoms with van der Waals surface area (Å²) < 4.78 is 0. The number of amides is 1. The van der Waals surface area contributed by atoms with Crippen LogP contribution in [0.3, 0.4) is 0 Å². The van der Waals surface area contributed by atoms with Gasteiger partial charge in [-0.2, -0.15) is 0 Å². The Hall–Kier alpha value is -3.14. The molecule has 0 saturated heterocycles. The molecule has 0 fully saturated rings. The number of anilines is 2. The molecule has 4 nitrogen and oxygen atoms in total. The van der Waals surface area contributed by atoms with Gasteiger partial charge in [0.15, 0.2) is 0 Å². The number of aromatic nitrogens is 1. The van der Waals surface area contributed by atoms with Gasteiger partial charge in [-0.25, -0.2) is 0 Å². The van der Waals surface area contributed by atoms with Crippen molar-refractivity contribution in [3.05, 3.63) is 89.2 Å². The highest BCUT2D eigenvalue weighted by atomic mass is 16.2. The number of carbonyl (C=O) groups excluding carboxylic acids is 1. The lowest BCUT2D eigenvalue weighted by atomic mass is 9.98. The maximum absolute atomic E-state index is 13.2. The molecule has 0 saturated carbocycles. The predicted molar refractivity (Wildman–Crippen MR) is 114 cm³/mol. The van der Waals surface area contributed by atoms with Gasteiger partial charge >= 0.3 is 0 Å². The smallest absolute Gasteiger partial charge is 0.261 e. The largest absolute Gasteiger partial charge is 0.380 e. The molecule has 1 aliphatic heterocycles. The van der Waals surface area contributed by atoms with E-state index in [9.17, 15) is 4.79 Å². The van der Waals surface area contributed by atoms with Crippen LogP contribution in [0, 0.1) is 0 Å². The fraction of sp³-hybridized carbons (Fsp3) is 0.250. The van der Waals surface area contributed by atoms with Gasteiger partial charge in [-0.15, -0.1) is 0 Å². The number of benzene rings is 2. The summed E-state index contributed by atoms with van der Waals surface area (Å²) >= 11 is 0. The molecule has 142 valence electrons. The molecular formula is C24H25N3O. The summed E-state index contributed by atoms with van der Waals surface area (Å²) in [5.41, 5.74) is 6.13. The Morgan fingerprint density at radius 2 is 1.82 bits per heavy atom. The fourth-order valence-corrected chi connectivity index (χ4v) is 3.63. The Bertz CT molecular complexity index is 967. The van der Waals surface area contributed by atoms with Crippen LogP contribution in [0.5, 0.6) is 0 Å². The summed E-state index contributed by atoms with van der Waals surface area (Å²) in [5, 5.41) is 3.42. The zero-order chi connectivity index (χ0) is 19.5. The number of nitrogens with one attached hydrogen (secondary N) is 1. The molecule has 3 aromatic rings. The van der Waals surface area contributed by atoms with Gasteiger partial charge in [-0.05, 0) is 59.4 Å². The monoisotopic (exact) mass is 371 g/mol. The first-order valence-electron chi connectivity index (χ1n) is 9.84. The van der Waals surface area contributed by atoms with Crippen molar-refractivity contribution >= 4 is 17.3 Å². The van der Waals surface area contributed by atoms with E-state index < -0.39 is 0 Å². The quantitative estimate of drug-likeness (QED) is 0.634. The van der Waals surface area contributed by atoms with Crippen LogP contribution in [-0.4, -0.2) is 10.9 Å². The molecule has 0 spiro atoms. The minimum atomic E-state index is 0.0594. The maximum atomic E-state index is 13.2. The zero-order valence-corrected chi connectivity index (χ0v) is 16.4. The van der Waals surface area contributed by atoms with E-state index in [2.05, 4.69) is 48.4 Å². The van der Waals surface area contributed by atoms with Crippen LogP contribution in [0.15, 0.2) is 67.0 Å². The van der Waals surface area contributed by atoms with Crippen LogP contribution >= 0.6 is 0 Å². The molecule has 1 aliphatic rings. The molecule has 2 heterocycles. The van der Waals surface area contributed by atoms with Crippen LogP contribution in [0.2, 0.25) is 0 Å². The van der Waals surface area contributed by atoms with Crippen molar-refractivity contribution in [2.24, 2.45) is 0 Å². The molecule has 0 aliphatic carbocycles. The number of rotatable bonds is 6. The molecule has 1 N–H and O–H groups in total. The van der Waals surface area contributed by atoms with E-state index >= 15 is 0 Å². The van der Waals surface area contributed by atoms with Crippen LogP contribution in [0.25, 0.3) is 0 Å². The lowest BCUT2D eigenvalue weighted by molar-refractivity contribution is 0.0997. The summed E-state index contributed by atoms with van der Waals surface area (Å²) in [7, 11) is 0. The molecular weight excluding hydrogens is 346 g/mol. The molecule has 4 heteroatoms. The normalized spacial score (nSPS) is 14.1. The Kier molecular flexibility index (Phi) is 5.11. The molecule has 4 rings (SSSR count). The second-order valence-electron chi connectivity index (χ2n) is 7.34. The number of hydrogen-bond acceptors (Lipinski definition) is 3. The Balaban J connectivity index is 1.55. The Labute approximate surface area is 166 Å². The van der Waals surface area contributed by atoms with E-state index in [-0.39, 0.29) is 5.91 Å². The highest BCUT2D eigenvalue weighted by molar-refractivity contribution is 6.13. The van der Waals surface area contributed by atoms with Gasteiger partial charge in [0.25, 0.3) is 5.91 Å². The fourth-order valence-electron chi connectivity index (χ4n) is 3.63. The van der Waals surface area contributed by atoms with Crippen molar-refractivity contribution in [3.63, 3.8) is 0 Å². The van der Waals surface area contributed by atoms with Gasteiger partial charge in [0.1, 0.15) is 0 Å². The average molecular weight is 371 g/mol. The van der Waals surface area contributed by atoms with E-state index in [0.717, 1.165) is 34.5 Å². The standard InChI is InChI=1S/C24H25N3O/c1-3-17(2)19-7-9-21(10-8-19)27-16-20-5-4-6-22(23(20)24(27)28)26-15-18-11-13-25-14-12-18/h4-14,17,26H,3,15-16H2,1-2H3. The average Bonchev–Trinajstić information content (AvgIpc) is 3.09. The van der Waals surface area contributed by atoms with Crippen LogP contribution in [-0.2, 0) is 13.1 Å². The van der Waals surface area contributed by atoms with Crippen molar-refractivity contribution in [2.75, 3.05) is 10.2 Å². The Morgan fingerprint density at radius 3 is 2.54 bits per heavy atom. The van der Waals surface area contributed by atoms with E-state index in [1.807, 2.05) is 35.2 Å². The lowest BCUT2D eigenvalue weighted by Crippen LogP contribution is -2.23. The number of nitrogens with zero attached hydrogens (tertiary/aromatic N) is 2. The summed E-state index contributed by atoms with van der Waals surface area (Å²) in [6.07, 6.45) is 4.67. The minimum Gasteiger partial charge on any atom is -0.380 e. The van der Waals surface area contributed by atoms with Gasteiger partial charge in [-0.1, -0.05) is 38.1 Å². The highest BCUT2D eigenvalue weighted by Gasteiger charge is 2.30. The van der Waals surface area contributed by atoms with Gasteiger partial charge < -0.3 is 10.2 Å². The topological polar surface area (TPSA) is 45.2 Å². The van der Waals surface area contributed by atoms with Crippen molar-refractivity contribution < 1.29 is 4.79 Å². The second kappa shape index (κ2) is 7.85. The maximum Gasteiger partial charge on any atom is 0.261 e. The van der Waals surface area contributed by atoms with Crippen molar-refractivity contribution in [1.29, 1.82) is 0 Å². The SMILES string of the molecule is CCC(C)c1ccc(N2Cc3cccc(NCc4ccncc4)c3C2=O)cc1. The molecule has 1 atom stereocenters.